The number of fused-ring (bicyclic) bond motifs is 2. The van der Waals surface area contributed by atoms with Crippen LogP contribution in [0.15, 0.2) is 84.9 Å². The van der Waals surface area contributed by atoms with Crippen molar-refractivity contribution >= 4 is 28.5 Å². The predicted octanol–water partition coefficient (Wildman–Crippen LogP) is 5.42. The Morgan fingerprint density at radius 3 is 2.48 bits per heavy atom. The number of hydrogen-bond donors (Lipinski definition) is 1. The molecule has 11 heteroatoms. The van der Waals surface area contributed by atoms with Gasteiger partial charge in [-0.15, -0.1) is 0 Å². The summed E-state index contributed by atoms with van der Waals surface area (Å²) in [5.41, 5.74) is 6.35. The highest BCUT2D eigenvalue weighted by atomic mass is 19.4. The highest BCUT2D eigenvalue weighted by Gasteiger charge is 2.44. The Hall–Kier alpha value is -5.06. The summed E-state index contributed by atoms with van der Waals surface area (Å²) in [6.45, 7) is 1.87. The molecule has 1 saturated heterocycles. The number of rotatable bonds is 7. The quantitative estimate of drug-likeness (QED) is 0.294. The minimum Gasteiger partial charge on any atom is -0.454 e. The van der Waals surface area contributed by atoms with Crippen LogP contribution in [0.25, 0.3) is 10.8 Å². The van der Waals surface area contributed by atoms with Crippen molar-refractivity contribution in [2.24, 2.45) is 5.73 Å². The van der Waals surface area contributed by atoms with Crippen LogP contribution in [-0.2, 0) is 33.4 Å². The summed E-state index contributed by atoms with van der Waals surface area (Å²) in [7, 11) is 0. The van der Waals surface area contributed by atoms with E-state index in [0.29, 0.717) is 17.1 Å². The Morgan fingerprint density at radius 2 is 1.70 bits per heavy atom. The molecule has 3 atom stereocenters. The lowest BCUT2D eigenvalue weighted by atomic mass is 9.96. The maximum Gasteiger partial charge on any atom is 0.416 e. The predicted molar refractivity (Wildman–Crippen MR) is 164 cm³/mol. The van der Waals surface area contributed by atoms with Crippen LogP contribution in [0.1, 0.15) is 41.6 Å². The lowest BCUT2D eigenvalue weighted by Gasteiger charge is -2.36. The van der Waals surface area contributed by atoms with Gasteiger partial charge in [-0.1, -0.05) is 60.7 Å². The van der Waals surface area contributed by atoms with E-state index in [1.165, 1.54) is 21.9 Å². The van der Waals surface area contributed by atoms with E-state index in [1.54, 1.807) is 25.1 Å². The zero-order valence-corrected chi connectivity index (χ0v) is 25.0. The zero-order chi connectivity index (χ0) is 32.6. The number of alkyl halides is 3. The van der Waals surface area contributed by atoms with Gasteiger partial charge in [-0.25, -0.2) is 0 Å². The Bertz CT molecular complexity index is 1800. The molecule has 4 aromatic rings. The maximum atomic E-state index is 14.6. The van der Waals surface area contributed by atoms with Crippen LogP contribution < -0.4 is 15.2 Å². The molecule has 2 aliphatic heterocycles. The zero-order valence-electron chi connectivity index (χ0n) is 25.0. The summed E-state index contributed by atoms with van der Waals surface area (Å²) in [6, 6.07) is 19.6. The number of carbonyl (C=O) groups is 3. The number of benzene rings is 4. The van der Waals surface area contributed by atoms with Crippen LogP contribution in [0.3, 0.4) is 0 Å². The van der Waals surface area contributed by atoms with Gasteiger partial charge < -0.3 is 25.0 Å². The number of carbonyl (C=O) groups excluding carboxylic acids is 3. The molecule has 3 amide bonds. The maximum absolute atomic E-state index is 14.6. The molecule has 46 heavy (non-hydrogen) atoms. The van der Waals surface area contributed by atoms with Crippen molar-refractivity contribution in [3.05, 3.63) is 107 Å². The molecule has 0 spiro atoms. The lowest BCUT2D eigenvalue weighted by Crippen LogP contribution is -2.52. The first kappa shape index (κ1) is 30.9. The standard InChI is InChI=1S/C35H32F3N3O5/c1-21-14-15-40(28(33(39)43)19-24-8-4-7-23-6-2-3-11-27(23)24)34(44)32(25-9-5-10-26(18-25)35(36,37)38)41(21)31(42)17-22-12-13-29-30(16-22)46-20-45-29/h2-13,16,18,21,28,32H,14-15,17,19-20H2,1H3,(H2,39,43)/t21-,28?,32+/m1/s1. The molecule has 2 heterocycles. The van der Waals surface area contributed by atoms with Gasteiger partial charge in [0.05, 0.1) is 12.0 Å². The molecule has 4 aromatic carbocycles. The number of ether oxygens (including phenoxy) is 2. The van der Waals surface area contributed by atoms with E-state index in [0.717, 1.165) is 28.5 Å². The first-order valence-electron chi connectivity index (χ1n) is 14.9. The van der Waals surface area contributed by atoms with Crippen molar-refractivity contribution in [1.82, 2.24) is 9.80 Å². The van der Waals surface area contributed by atoms with Gasteiger partial charge in [-0.2, -0.15) is 13.2 Å². The third-order valence-electron chi connectivity index (χ3n) is 8.67. The highest BCUT2D eigenvalue weighted by Crippen LogP contribution is 2.37. The van der Waals surface area contributed by atoms with Crippen LogP contribution in [-0.4, -0.2) is 52.9 Å². The Morgan fingerprint density at radius 1 is 0.957 bits per heavy atom. The van der Waals surface area contributed by atoms with Gasteiger partial charge in [0.25, 0.3) is 5.91 Å². The number of hydrogen-bond acceptors (Lipinski definition) is 5. The molecule has 0 saturated carbocycles. The SMILES string of the molecule is C[C@@H]1CCN(C(Cc2cccc3ccccc23)C(N)=O)C(=O)[C@H](c2cccc(C(F)(F)F)c2)N1C(=O)Cc1ccc2c(c1)OCO2. The van der Waals surface area contributed by atoms with E-state index < -0.39 is 47.6 Å². The van der Waals surface area contributed by atoms with Crippen LogP contribution in [0.2, 0.25) is 0 Å². The topological polar surface area (TPSA) is 102 Å². The second-order valence-electron chi connectivity index (χ2n) is 11.6. The summed E-state index contributed by atoms with van der Waals surface area (Å²) in [4.78, 5) is 44.4. The molecule has 8 nitrogen and oxygen atoms in total. The first-order chi connectivity index (χ1) is 22.0. The van der Waals surface area contributed by atoms with E-state index >= 15 is 0 Å². The number of nitrogens with two attached hydrogens (primary N) is 1. The highest BCUT2D eigenvalue weighted by molar-refractivity contribution is 5.94. The normalized spacial score (nSPS) is 18.8. The van der Waals surface area contributed by atoms with Crippen LogP contribution in [0.5, 0.6) is 11.5 Å². The molecule has 238 valence electrons. The fourth-order valence-corrected chi connectivity index (χ4v) is 6.35. The van der Waals surface area contributed by atoms with Gasteiger partial charge in [-0.05, 0) is 65.1 Å². The number of halogens is 3. The van der Waals surface area contributed by atoms with Gasteiger partial charge in [0.2, 0.25) is 18.6 Å². The minimum absolute atomic E-state index is 0.00834. The van der Waals surface area contributed by atoms with Crippen molar-refractivity contribution in [1.29, 1.82) is 0 Å². The second-order valence-corrected chi connectivity index (χ2v) is 11.6. The largest absolute Gasteiger partial charge is 0.454 e. The van der Waals surface area contributed by atoms with Gasteiger partial charge in [0, 0.05) is 19.0 Å². The summed E-state index contributed by atoms with van der Waals surface area (Å²) < 4.78 is 52.4. The Labute approximate surface area is 263 Å². The molecular formula is C35H32F3N3O5. The lowest BCUT2D eigenvalue weighted by molar-refractivity contribution is -0.148. The van der Waals surface area contributed by atoms with E-state index in [-0.39, 0.29) is 38.2 Å². The van der Waals surface area contributed by atoms with Gasteiger partial charge in [-0.3, -0.25) is 14.4 Å². The van der Waals surface area contributed by atoms with Crippen molar-refractivity contribution in [3.8, 4) is 11.5 Å². The molecule has 2 N–H and O–H groups in total. The van der Waals surface area contributed by atoms with Crippen molar-refractivity contribution in [2.75, 3.05) is 13.3 Å². The molecule has 6 rings (SSSR count). The molecule has 0 radical (unpaired) electrons. The number of nitrogens with zero attached hydrogens (tertiary/aromatic N) is 2. The number of primary amides is 1. The summed E-state index contributed by atoms with van der Waals surface area (Å²) in [5.74, 6) is -0.878. The van der Waals surface area contributed by atoms with Crippen molar-refractivity contribution in [2.45, 2.75) is 50.5 Å². The molecule has 1 fully saturated rings. The fraction of sp³-hybridized carbons (Fsp3) is 0.286. The minimum atomic E-state index is -4.68. The average molecular weight is 632 g/mol. The smallest absolute Gasteiger partial charge is 0.416 e. The summed E-state index contributed by atoms with van der Waals surface area (Å²) in [5, 5.41) is 1.84. The Kier molecular flexibility index (Phi) is 8.33. The number of amides is 3. The monoisotopic (exact) mass is 631 g/mol. The first-order valence-corrected chi connectivity index (χ1v) is 14.9. The van der Waals surface area contributed by atoms with Crippen LogP contribution in [0.4, 0.5) is 13.2 Å². The van der Waals surface area contributed by atoms with Gasteiger partial charge in [0.15, 0.2) is 11.5 Å². The van der Waals surface area contributed by atoms with Crippen LogP contribution in [0, 0.1) is 0 Å². The third-order valence-corrected chi connectivity index (χ3v) is 8.67. The van der Waals surface area contributed by atoms with Gasteiger partial charge >= 0.3 is 6.18 Å². The summed E-state index contributed by atoms with van der Waals surface area (Å²) >= 11 is 0. The van der Waals surface area contributed by atoms with E-state index in [2.05, 4.69) is 0 Å². The molecule has 0 aromatic heterocycles. The van der Waals surface area contributed by atoms with Crippen molar-refractivity contribution in [3.63, 3.8) is 0 Å². The molecule has 0 bridgehead atoms. The van der Waals surface area contributed by atoms with Crippen molar-refractivity contribution < 1.29 is 37.0 Å². The second kappa shape index (κ2) is 12.4. The molecule has 0 aliphatic carbocycles. The molecule has 2 aliphatic rings. The van der Waals surface area contributed by atoms with Gasteiger partial charge in [0.1, 0.15) is 12.1 Å². The summed E-state index contributed by atoms with van der Waals surface area (Å²) in [6.07, 6.45) is -4.45. The molecular weight excluding hydrogens is 599 g/mol. The molecule has 1 unspecified atom stereocenters. The van der Waals surface area contributed by atoms with E-state index in [4.69, 9.17) is 15.2 Å². The van der Waals surface area contributed by atoms with E-state index in [1.807, 2.05) is 42.5 Å². The third kappa shape index (κ3) is 6.09. The van der Waals surface area contributed by atoms with Crippen LogP contribution >= 0.6 is 0 Å². The average Bonchev–Trinajstić information content (AvgIpc) is 3.45. The fourth-order valence-electron chi connectivity index (χ4n) is 6.35. The van der Waals surface area contributed by atoms with E-state index in [9.17, 15) is 27.6 Å². The Balaban J connectivity index is 1.40.